The molecule has 1 aromatic carbocycles. The first-order valence-electron chi connectivity index (χ1n) is 8.27. The first-order valence-corrected chi connectivity index (χ1v) is 8.27. The standard InChI is InChI=1S/C17H23BN2O5/c1-2-16(21)20-10-6-9-14(20)12-25-17(22)19-15(18(23)24)11-13-7-4-3-5-8-13/h2-5,7-8,14-15,23-24H,1,6,9-12H2,(H,19,22)/t14?,15-/m0/s1. The first-order chi connectivity index (χ1) is 12.0. The molecule has 8 heteroatoms. The van der Waals surface area contributed by atoms with Crippen molar-refractivity contribution < 1.29 is 24.4 Å². The third-order valence-electron chi connectivity index (χ3n) is 4.20. The predicted molar refractivity (Wildman–Crippen MR) is 93.5 cm³/mol. The molecule has 0 aromatic heterocycles. The predicted octanol–water partition coefficient (Wildman–Crippen LogP) is 0.513. The maximum Gasteiger partial charge on any atom is 0.475 e. The fraction of sp³-hybridized carbons (Fsp3) is 0.412. The van der Waals surface area contributed by atoms with Gasteiger partial charge in [0.2, 0.25) is 5.91 Å². The summed E-state index contributed by atoms with van der Waals surface area (Å²) >= 11 is 0. The summed E-state index contributed by atoms with van der Waals surface area (Å²) in [5.41, 5.74) is 0.861. The van der Waals surface area contributed by atoms with Crippen molar-refractivity contribution in [1.82, 2.24) is 10.2 Å². The van der Waals surface area contributed by atoms with Gasteiger partial charge in [-0.15, -0.1) is 0 Å². The zero-order valence-electron chi connectivity index (χ0n) is 14.0. The summed E-state index contributed by atoms with van der Waals surface area (Å²) in [7, 11) is -1.71. The van der Waals surface area contributed by atoms with Gasteiger partial charge in [-0.3, -0.25) is 4.79 Å². The number of nitrogens with one attached hydrogen (secondary N) is 1. The van der Waals surface area contributed by atoms with Crippen molar-refractivity contribution in [3.63, 3.8) is 0 Å². The normalized spacial score (nSPS) is 17.7. The molecule has 0 saturated carbocycles. The van der Waals surface area contributed by atoms with E-state index in [9.17, 15) is 19.6 Å². The van der Waals surface area contributed by atoms with E-state index in [1.54, 1.807) is 4.90 Å². The highest BCUT2D eigenvalue weighted by molar-refractivity contribution is 6.43. The van der Waals surface area contributed by atoms with Crippen LogP contribution in [-0.4, -0.2) is 59.2 Å². The second-order valence-corrected chi connectivity index (χ2v) is 5.98. The van der Waals surface area contributed by atoms with Crippen LogP contribution < -0.4 is 5.32 Å². The molecule has 1 heterocycles. The van der Waals surface area contributed by atoms with Crippen LogP contribution in [0, 0.1) is 0 Å². The van der Waals surface area contributed by atoms with Crippen LogP contribution in [0.1, 0.15) is 18.4 Å². The van der Waals surface area contributed by atoms with E-state index in [-0.39, 0.29) is 25.0 Å². The Balaban J connectivity index is 1.84. The summed E-state index contributed by atoms with van der Waals surface area (Å²) in [6.45, 7) is 4.14. The second-order valence-electron chi connectivity index (χ2n) is 5.98. The van der Waals surface area contributed by atoms with E-state index in [1.807, 2.05) is 30.3 Å². The van der Waals surface area contributed by atoms with Gasteiger partial charge in [0.1, 0.15) is 6.61 Å². The number of hydrogen-bond donors (Lipinski definition) is 3. The highest BCUT2D eigenvalue weighted by Gasteiger charge is 2.30. The molecule has 0 spiro atoms. The fourth-order valence-corrected chi connectivity index (χ4v) is 2.88. The number of rotatable bonds is 7. The lowest BCUT2D eigenvalue weighted by molar-refractivity contribution is -0.127. The molecule has 1 unspecified atom stereocenters. The van der Waals surface area contributed by atoms with Gasteiger partial charge in [-0.25, -0.2) is 4.79 Å². The topological polar surface area (TPSA) is 99.1 Å². The number of carbonyl (C=O) groups is 2. The minimum absolute atomic E-state index is 0.0605. The lowest BCUT2D eigenvalue weighted by Gasteiger charge is -2.24. The zero-order valence-corrected chi connectivity index (χ0v) is 14.0. The van der Waals surface area contributed by atoms with Crippen molar-refractivity contribution in [1.29, 1.82) is 0 Å². The molecule has 2 amide bonds. The number of amides is 2. The number of ether oxygens (including phenoxy) is 1. The maximum absolute atomic E-state index is 12.0. The fourth-order valence-electron chi connectivity index (χ4n) is 2.88. The van der Waals surface area contributed by atoms with Crippen molar-refractivity contribution in [2.45, 2.75) is 31.2 Å². The van der Waals surface area contributed by atoms with Gasteiger partial charge in [0, 0.05) is 6.54 Å². The summed E-state index contributed by atoms with van der Waals surface area (Å²) in [5.74, 6) is -1.07. The van der Waals surface area contributed by atoms with Gasteiger partial charge in [0.05, 0.1) is 12.0 Å². The lowest BCUT2D eigenvalue weighted by atomic mass is 9.76. The van der Waals surface area contributed by atoms with E-state index < -0.39 is 19.2 Å². The van der Waals surface area contributed by atoms with E-state index in [2.05, 4.69) is 11.9 Å². The van der Waals surface area contributed by atoms with Crippen LogP contribution in [0.5, 0.6) is 0 Å². The van der Waals surface area contributed by atoms with Gasteiger partial charge < -0.3 is 25.0 Å². The van der Waals surface area contributed by atoms with Crippen molar-refractivity contribution in [3.05, 3.63) is 48.6 Å². The molecule has 1 aliphatic heterocycles. The van der Waals surface area contributed by atoms with Gasteiger partial charge >= 0.3 is 13.2 Å². The molecule has 0 radical (unpaired) electrons. The quantitative estimate of drug-likeness (QED) is 0.494. The van der Waals surface area contributed by atoms with E-state index in [4.69, 9.17) is 4.74 Å². The third-order valence-corrected chi connectivity index (χ3v) is 4.20. The molecule has 2 atom stereocenters. The van der Waals surface area contributed by atoms with E-state index >= 15 is 0 Å². The van der Waals surface area contributed by atoms with Crippen molar-refractivity contribution in [3.8, 4) is 0 Å². The molecule has 1 saturated heterocycles. The van der Waals surface area contributed by atoms with Gasteiger partial charge in [0.25, 0.3) is 0 Å². The Morgan fingerprint density at radius 3 is 2.76 bits per heavy atom. The van der Waals surface area contributed by atoms with E-state index in [0.717, 1.165) is 18.4 Å². The Bertz CT molecular complexity index is 596. The number of benzene rings is 1. The van der Waals surface area contributed by atoms with Gasteiger partial charge in [-0.2, -0.15) is 0 Å². The van der Waals surface area contributed by atoms with Crippen molar-refractivity contribution in [2.24, 2.45) is 0 Å². The number of hydrogen-bond acceptors (Lipinski definition) is 5. The molecular formula is C17H23BN2O5. The van der Waals surface area contributed by atoms with Gasteiger partial charge in [0.15, 0.2) is 0 Å². The van der Waals surface area contributed by atoms with Crippen LogP contribution in [0.3, 0.4) is 0 Å². The summed E-state index contributed by atoms with van der Waals surface area (Å²) in [4.78, 5) is 25.3. The Morgan fingerprint density at radius 1 is 1.40 bits per heavy atom. The number of nitrogens with zero attached hydrogens (tertiary/aromatic N) is 1. The summed E-state index contributed by atoms with van der Waals surface area (Å²) in [5, 5.41) is 21.4. The van der Waals surface area contributed by atoms with Crippen LogP contribution >= 0.6 is 0 Å². The number of alkyl carbamates (subject to hydrolysis) is 1. The molecule has 1 fully saturated rings. The molecule has 134 valence electrons. The monoisotopic (exact) mass is 346 g/mol. The Labute approximate surface area is 147 Å². The third kappa shape index (κ3) is 5.61. The molecule has 1 aliphatic rings. The van der Waals surface area contributed by atoms with Crippen LogP contribution in [0.15, 0.2) is 43.0 Å². The van der Waals surface area contributed by atoms with Gasteiger partial charge in [-0.05, 0) is 30.9 Å². The lowest BCUT2D eigenvalue weighted by Crippen LogP contribution is -2.48. The van der Waals surface area contributed by atoms with Crippen LogP contribution in [0.4, 0.5) is 4.79 Å². The average molecular weight is 346 g/mol. The number of likely N-dealkylation sites (tertiary alicyclic amines) is 1. The highest BCUT2D eigenvalue weighted by Crippen LogP contribution is 2.18. The van der Waals surface area contributed by atoms with Gasteiger partial charge in [-0.1, -0.05) is 36.9 Å². The second kappa shape index (κ2) is 9.24. The molecule has 0 aliphatic carbocycles. The van der Waals surface area contributed by atoms with Crippen molar-refractivity contribution >= 4 is 19.1 Å². The van der Waals surface area contributed by atoms with E-state index in [0.29, 0.717) is 6.54 Å². The SMILES string of the molecule is C=CC(=O)N1CCCC1COC(=O)N[C@@H](Cc1ccccc1)B(O)O. The molecule has 3 N–H and O–H groups in total. The first kappa shape index (κ1) is 19.0. The summed E-state index contributed by atoms with van der Waals surface area (Å²) in [6, 6.07) is 9.01. The molecule has 7 nitrogen and oxygen atoms in total. The Hall–Kier alpha value is -2.32. The Kier molecular flexibility index (Phi) is 7.03. The summed E-state index contributed by atoms with van der Waals surface area (Å²) < 4.78 is 5.17. The largest absolute Gasteiger partial charge is 0.475 e. The minimum Gasteiger partial charge on any atom is -0.447 e. The smallest absolute Gasteiger partial charge is 0.447 e. The highest BCUT2D eigenvalue weighted by atomic mass is 16.5. The number of carbonyl (C=O) groups excluding carboxylic acids is 2. The van der Waals surface area contributed by atoms with Crippen LogP contribution in [-0.2, 0) is 16.0 Å². The zero-order chi connectivity index (χ0) is 18.2. The average Bonchev–Trinajstić information content (AvgIpc) is 3.08. The summed E-state index contributed by atoms with van der Waals surface area (Å²) in [6.07, 6.45) is 2.37. The Morgan fingerprint density at radius 2 is 2.12 bits per heavy atom. The maximum atomic E-state index is 12.0. The molecule has 1 aromatic rings. The molecule has 2 rings (SSSR count). The van der Waals surface area contributed by atoms with Crippen LogP contribution in [0.25, 0.3) is 0 Å². The molecular weight excluding hydrogens is 323 g/mol. The van der Waals surface area contributed by atoms with E-state index in [1.165, 1.54) is 6.08 Å². The molecule has 25 heavy (non-hydrogen) atoms. The minimum atomic E-state index is -1.71. The molecule has 0 bridgehead atoms. The van der Waals surface area contributed by atoms with Crippen molar-refractivity contribution in [2.75, 3.05) is 13.2 Å². The van der Waals surface area contributed by atoms with Crippen LogP contribution in [0.2, 0.25) is 0 Å².